The maximum atomic E-state index is 3.31. The molecule has 0 atom stereocenters. The summed E-state index contributed by atoms with van der Waals surface area (Å²) in [5, 5.41) is 3.31. The Balaban J connectivity index is 0. The molecule has 1 nitrogen and oxygen atoms in total. The first-order valence-corrected chi connectivity index (χ1v) is 2.89. The van der Waals surface area contributed by atoms with E-state index < -0.39 is 0 Å². The Labute approximate surface area is 47.6 Å². The molecule has 0 saturated carbocycles. The molecule has 0 saturated heterocycles. The summed E-state index contributed by atoms with van der Waals surface area (Å²) in [6.07, 6.45) is 0. The first-order chi connectivity index (χ1) is 3.13. The second-order valence-corrected chi connectivity index (χ2v) is 2.48. The zero-order chi connectivity index (χ0) is 5.86. The highest BCUT2D eigenvalue weighted by atomic mass is 14.9. The summed E-state index contributed by atoms with van der Waals surface area (Å²) >= 11 is 0. The average molecular weight is 105 g/mol. The van der Waals surface area contributed by atoms with Crippen molar-refractivity contribution in [1.82, 2.24) is 5.32 Å². The SMILES string of the molecule is CC(C)NC(C)C.[3HH]. The first kappa shape index (κ1) is 6.96. The zero-order valence-corrected chi connectivity index (χ0v) is 5.65. The second-order valence-electron chi connectivity index (χ2n) is 2.48. The summed E-state index contributed by atoms with van der Waals surface area (Å²) in [7, 11) is 0. The predicted molar refractivity (Wildman–Crippen MR) is 35.5 cm³/mol. The van der Waals surface area contributed by atoms with Gasteiger partial charge in [0.05, 0.1) is 0 Å². The molecule has 0 aliphatic rings. The smallest absolute Gasteiger partial charge is 0.00127 e. The van der Waals surface area contributed by atoms with Gasteiger partial charge < -0.3 is 5.32 Å². The van der Waals surface area contributed by atoms with Crippen molar-refractivity contribution in [2.75, 3.05) is 0 Å². The minimum absolute atomic E-state index is 0. The van der Waals surface area contributed by atoms with Gasteiger partial charge in [-0.1, -0.05) is 27.7 Å². The summed E-state index contributed by atoms with van der Waals surface area (Å²) in [6, 6.07) is 1.25. The highest BCUT2D eigenvalue weighted by molar-refractivity contribution is 4.55. The minimum atomic E-state index is 0. The third kappa shape index (κ3) is 5.96. The number of rotatable bonds is 2. The van der Waals surface area contributed by atoms with Gasteiger partial charge in [-0.05, 0) is 0 Å². The lowest BCUT2D eigenvalue weighted by Crippen LogP contribution is -2.29. The van der Waals surface area contributed by atoms with Gasteiger partial charge in [0.15, 0.2) is 0 Å². The van der Waals surface area contributed by atoms with Crippen LogP contribution in [0.4, 0.5) is 0 Å². The highest BCUT2D eigenvalue weighted by Crippen LogP contribution is 1.80. The molecule has 0 aromatic carbocycles. The van der Waals surface area contributed by atoms with E-state index >= 15 is 0 Å². The molecule has 0 spiro atoms. The van der Waals surface area contributed by atoms with Gasteiger partial charge >= 0.3 is 0 Å². The van der Waals surface area contributed by atoms with Gasteiger partial charge in [-0.15, -0.1) is 0 Å². The molecule has 0 unspecified atom stereocenters. The van der Waals surface area contributed by atoms with Gasteiger partial charge in [-0.25, -0.2) is 0 Å². The Bertz CT molecular complexity index is 37.8. The van der Waals surface area contributed by atoms with Crippen LogP contribution in [0.1, 0.15) is 29.1 Å². The van der Waals surface area contributed by atoms with Crippen molar-refractivity contribution in [3.63, 3.8) is 0 Å². The zero-order valence-electron chi connectivity index (χ0n) is 5.65. The highest BCUT2D eigenvalue weighted by Gasteiger charge is 1.92. The summed E-state index contributed by atoms with van der Waals surface area (Å²) < 4.78 is 0. The van der Waals surface area contributed by atoms with E-state index in [-0.39, 0.29) is 1.43 Å². The van der Waals surface area contributed by atoms with Crippen LogP contribution >= 0.6 is 0 Å². The largest absolute Gasteiger partial charge is 0.312 e. The van der Waals surface area contributed by atoms with Crippen LogP contribution < -0.4 is 5.32 Å². The average Bonchev–Trinajstić information content (AvgIpc) is 1.27. The molecule has 0 aliphatic carbocycles. The second kappa shape index (κ2) is 3.03. The Morgan fingerprint density at radius 1 is 1.00 bits per heavy atom. The van der Waals surface area contributed by atoms with Crippen LogP contribution in [0, 0.1) is 0 Å². The molecule has 0 amide bonds. The molecule has 0 bridgehead atoms. The van der Waals surface area contributed by atoms with Crippen LogP contribution in [0.25, 0.3) is 0 Å². The Hall–Kier alpha value is -0.0400. The molecule has 0 aliphatic heterocycles. The molecule has 1 heteroatoms. The lowest BCUT2D eigenvalue weighted by Gasteiger charge is -2.10. The van der Waals surface area contributed by atoms with E-state index in [9.17, 15) is 0 Å². The molecular formula is C6H17N. The van der Waals surface area contributed by atoms with Crippen molar-refractivity contribution in [3.8, 4) is 0 Å². The van der Waals surface area contributed by atoms with E-state index in [1.165, 1.54) is 0 Å². The molecule has 0 aromatic rings. The molecule has 0 heterocycles. The van der Waals surface area contributed by atoms with Crippen LogP contribution in [0.15, 0.2) is 0 Å². The lowest BCUT2D eigenvalue weighted by molar-refractivity contribution is 0.518. The van der Waals surface area contributed by atoms with Gasteiger partial charge in [-0.2, -0.15) is 0 Å². The standard InChI is InChI=1S/C6H15N.H2/c1-5(2)7-6(3)4;/h5-7H,1-4H3;1H/i;1+2. The van der Waals surface area contributed by atoms with Gasteiger partial charge in [0.2, 0.25) is 0 Å². The molecule has 7 heavy (non-hydrogen) atoms. The van der Waals surface area contributed by atoms with Gasteiger partial charge in [0, 0.05) is 13.5 Å². The van der Waals surface area contributed by atoms with Crippen molar-refractivity contribution in [3.05, 3.63) is 0 Å². The predicted octanol–water partition coefficient (Wildman–Crippen LogP) is 1.64. The molecule has 46 valence electrons. The molecule has 1 N–H and O–H groups in total. The van der Waals surface area contributed by atoms with E-state index in [2.05, 4.69) is 33.0 Å². The maximum absolute atomic E-state index is 3.31. The molecule has 0 aromatic heterocycles. The van der Waals surface area contributed by atoms with E-state index in [4.69, 9.17) is 0 Å². The van der Waals surface area contributed by atoms with Crippen molar-refractivity contribution >= 4 is 0 Å². The summed E-state index contributed by atoms with van der Waals surface area (Å²) in [6.45, 7) is 8.61. The van der Waals surface area contributed by atoms with Gasteiger partial charge in [0.25, 0.3) is 0 Å². The topological polar surface area (TPSA) is 12.0 Å². The fourth-order valence-electron chi connectivity index (χ4n) is 0.667. The van der Waals surface area contributed by atoms with Crippen molar-refractivity contribution < 1.29 is 1.43 Å². The summed E-state index contributed by atoms with van der Waals surface area (Å²) in [5.41, 5.74) is 0. The number of hydrogen-bond acceptors (Lipinski definition) is 1. The summed E-state index contributed by atoms with van der Waals surface area (Å²) in [5.74, 6) is 0. The van der Waals surface area contributed by atoms with Crippen LogP contribution in [-0.4, -0.2) is 12.1 Å². The third-order valence-electron chi connectivity index (χ3n) is 0.667. The van der Waals surface area contributed by atoms with Gasteiger partial charge in [-0.3, -0.25) is 0 Å². The lowest BCUT2D eigenvalue weighted by atomic mass is 10.3. The van der Waals surface area contributed by atoms with Gasteiger partial charge in [0.1, 0.15) is 0 Å². The van der Waals surface area contributed by atoms with Crippen LogP contribution in [0.2, 0.25) is 0 Å². The van der Waals surface area contributed by atoms with Crippen molar-refractivity contribution in [1.29, 1.82) is 0 Å². The fraction of sp³-hybridized carbons (Fsp3) is 1.00. The maximum Gasteiger partial charge on any atom is 0.00127 e. The van der Waals surface area contributed by atoms with Crippen LogP contribution in [0.3, 0.4) is 0 Å². The van der Waals surface area contributed by atoms with Crippen molar-refractivity contribution in [2.45, 2.75) is 39.8 Å². The van der Waals surface area contributed by atoms with E-state index in [0.29, 0.717) is 12.1 Å². The quantitative estimate of drug-likeness (QED) is 0.563. The van der Waals surface area contributed by atoms with E-state index in [1.54, 1.807) is 0 Å². The Morgan fingerprint density at radius 3 is 1.29 bits per heavy atom. The van der Waals surface area contributed by atoms with Crippen molar-refractivity contribution in [2.24, 2.45) is 0 Å². The monoisotopic (exact) mass is 105 g/mol. The third-order valence-corrected chi connectivity index (χ3v) is 0.667. The summed E-state index contributed by atoms with van der Waals surface area (Å²) in [4.78, 5) is 0. The molecule has 0 rings (SSSR count). The fourth-order valence-corrected chi connectivity index (χ4v) is 0.667. The molecule has 0 radical (unpaired) electrons. The molecular weight excluding hydrogens is 86.1 g/mol. The number of hydrogen-bond donors (Lipinski definition) is 1. The normalized spacial score (nSPS) is 11.1. The van der Waals surface area contributed by atoms with E-state index in [0.717, 1.165) is 0 Å². The minimum Gasteiger partial charge on any atom is -0.312 e. The molecule has 0 fully saturated rings. The van der Waals surface area contributed by atoms with E-state index in [1.807, 2.05) is 0 Å². The van der Waals surface area contributed by atoms with Crippen LogP contribution in [-0.2, 0) is 0 Å². The Morgan fingerprint density at radius 2 is 1.29 bits per heavy atom. The number of nitrogens with one attached hydrogen (secondary N) is 1. The Kier molecular flexibility index (Phi) is 3.01. The van der Waals surface area contributed by atoms with Crippen LogP contribution in [0.5, 0.6) is 0 Å². The first-order valence-electron chi connectivity index (χ1n) is 2.89.